The van der Waals surface area contributed by atoms with Crippen molar-refractivity contribution in [2.24, 2.45) is 0 Å². The Morgan fingerprint density at radius 3 is 2.44 bits per heavy atom. The maximum absolute atomic E-state index is 5.79. The molecule has 1 nitrogen and oxygen atoms in total. The van der Waals surface area contributed by atoms with Crippen molar-refractivity contribution < 1.29 is 4.43 Å². The molecule has 0 unspecified atom stereocenters. The van der Waals surface area contributed by atoms with E-state index < -0.39 is 8.32 Å². The Balaban J connectivity index is 2.38. The van der Waals surface area contributed by atoms with Gasteiger partial charge in [0.05, 0.1) is 6.26 Å². The average Bonchev–Trinajstić information content (AvgIpc) is 2.33. The fourth-order valence-corrected chi connectivity index (χ4v) is 2.11. The molecule has 0 amide bonds. The molecule has 98 valence electrons. The molecule has 0 spiro atoms. The molecule has 0 bridgehead atoms. The summed E-state index contributed by atoms with van der Waals surface area (Å²) in [6.07, 6.45) is 7.09. The summed E-state index contributed by atoms with van der Waals surface area (Å²) in [4.78, 5) is 0. The van der Waals surface area contributed by atoms with Gasteiger partial charge in [-0.2, -0.15) is 0 Å². The van der Waals surface area contributed by atoms with Crippen molar-refractivity contribution in [3.05, 3.63) is 60.4 Å². The van der Waals surface area contributed by atoms with E-state index in [0.717, 1.165) is 19.3 Å². The first kappa shape index (κ1) is 14.8. The van der Waals surface area contributed by atoms with Gasteiger partial charge in [-0.3, -0.25) is 0 Å². The van der Waals surface area contributed by atoms with Crippen LogP contribution in [0, 0.1) is 0 Å². The fraction of sp³-hybridized carbons (Fsp3) is 0.375. The van der Waals surface area contributed by atoms with Crippen molar-refractivity contribution in [3.8, 4) is 0 Å². The molecule has 0 heterocycles. The second-order valence-electron chi connectivity index (χ2n) is 5.47. The highest BCUT2D eigenvalue weighted by Crippen LogP contribution is 2.13. The highest BCUT2D eigenvalue weighted by Gasteiger charge is 2.13. The number of benzene rings is 1. The minimum Gasteiger partial charge on any atom is -0.549 e. The van der Waals surface area contributed by atoms with Crippen molar-refractivity contribution in [3.63, 3.8) is 0 Å². The molecular formula is C16H24OSi. The molecule has 0 N–H and O–H groups in total. The second kappa shape index (κ2) is 7.22. The summed E-state index contributed by atoms with van der Waals surface area (Å²) in [5.74, 6) is 0. The molecule has 0 fully saturated rings. The topological polar surface area (TPSA) is 9.23 Å². The standard InChI is InChI=1S/C16H24OSi/c1-5-15(14-17-18(2,3)4)12-9-13-16-10-7-6-8-11-16/h5-8,10-11,14H,1,9,12-13H2,2-4H3. The van der Waals surface area contributed by atoms with Crippen LogP contribution in [0.3, 0.4) is 0 Å². The van der Waals surface area contributed by atoms with E-state index >= 15 is 0 Å². The van der Waals surface area contributed by atoms with Crippen LogP contribution in [0.2, 0.25) is 19.6 Å². The first-order valence-electron chi connectivity index (χ1n) is 6.54. The van der Waals surface area contributed by atoms with Gasteiger partial charge in [0.15, 0.2) is 0 Å². The number of allylic oxidation sites excluding steroid dienone is 2. The van der Waals surface area contributed by atoms with Gasteiger partial charge >= 0.3 is 0 Å². The number of rotatable bonds is 7. The average molecular weight is 260 g/mol. The zero-order valence-electron chi connectivity index (χ0n) is 11.8. The third-order valence-electron chi connectivity index (χ3n) is 2.60. The largest absolute Gasteiger partial charge is 0.549 e. The van der Waals surface area contributed by atoms with Crippen molar-refractivity contribution in [1.29, 1.82) is 0 Å². The molecule has 2 heteroatoms. The zero-order chi connectivity index (χ0) is 13.4. The molecule has 0 aromatic heterocycles. The van der Waals surface area contributed by atoms with Gasteiger partial charge in [-0.1, -0.05) is 43.0 Å². The Morgan fingerprint density at radius 2 is 1.89 bits per heavy atom. The van der Waals surface area contributed by atoms with E-state index in [1.807, 2.05) is 12.3 Å². The number of aryl methyl sites for hydroxylation is 1. The van der Waals surface area contributed by atoms with Crippen molar-refractivity contribution in [1.82, 2.24) is 0 Å². The Bertz CT molecular complexity index is 387. The fourth-order valence-electron chi connectivity index (χ4n) is 1.60. The van der Waals surface area contributed by atoms with Crippen LogP contribution in [-0.4, -0.2) is 8.32 Å². The molecule has 1 rings (SSSR count). The predicted octanol–water partition coefficient (Wildman–Crippen LogP) is 4.93. The molecule has 0 aliphatic rings. The van der Waals surface area contributed by atoms with Crippen LogP contribution in [0.25, 0.3) is 0 Å². The summed E-state index contributed by atoms with van der Waals surface area (Å²) in [6.45, 7) is 10.4. The molecule has 0 aliphatic heterocycles. The minimum absolute atomic E-state index is 1.03. The second-order valence-corrected chi connectivity index (χ2v) is 9.93. The summed E-state index contributed by atoms with van der Waals surface area (Å²) in [7, 11) is -1.46. The van der Waals surface area contributed by atoms with Gasteiger partial charge in [-0.25, -0.2) is 0 Å². The lowest BCUT2D eigenvalue weighted by Gasteiger charge is -2.16. The molecule has 0 aliphatic carbocycles. The lowest BCUT2D eigenvalue weighted by molar-refractivity contribution is 0.472. The summed E-state index contributed by atoms with van der Waals surface area (Å²) >= 11 is 0. The molecular weight excluding hydrogens is 236 g/mol. The van der Waals surface area contributed by atoms with Crippen LogP contribution in [0.1, 0.15) is 18.4 Å². The molecule has 1 aromatic rings. The van der Waals surface area contributed by atoms with E-state index in [4.69, 9.17) is 4.43 Å². The Labute approximate surface area is 112 Å². The normalized spacial score (nSPS) is 12.3. The molecule has 1 aromatic carbocycles. The quantitative estimate of drug-likeness (QED) is 0.384. The minimum atomic E-state index is -1.46. The van der Waals surface area contributed by atoms with Gasteiger partial charge in [-0.15, -0.1) is 0 Å². The van der Waals surface area contributed by atoms with Crippen LogP contribution >= 0.6 is 0 Å². The van der Waals surface area contributed by atoms with E-state index in [1.165, 1.54) is 11.1 Å². The molecule has 0 atom stereocenters. The third-order valence-corrected chi connectivity index (χ3v) is 3.42. The van der Waals surface area contributed by atoms with Crippen LogP contribution in [0.15, 0.2) is 54.8 Å². The van der Waals surface area contributed by atoms with Crippen LogP contribution < -0.4 is 0 Å². The molecule has 0 saturated carbocycles. The Kier molecular flexibility index (Phi) is 5.93. The van der Waals surface area contributed by atoms with E-state index in [0.29, 0.717) is 0 Å². The summed E-state index contributed by atoms with van der Waals surface area (Å²) < 4.78 is 5.79. The van der Waals surface area contributed by atoms with Gasteiger partial charge in [0.25, 0.3) is 0 Å². The summed E-state index contributed by atoms with van der Waals surface area (Å²) in [5.41, 5.74) is 2.60. The van der Waals surface area contributed by atoms with Crippen LogP contribution in [0.5, 0.6) is 0 Å². The maximum atomic E-state index is 5.79. The Hall–Kier alpha value is -1.28. The van der Waals surface area contributed by atoms with E-state index in [-0.39, 0.29) is 0 Å². The summed E-state index contributed by atoms with van der Waals surface area (Å²) in [5, 5.41) is 0. The lowest BCUT2D eigenvalue weighted by Crippen LogP contribution is -2.22. The highest BCUT2D eigenvalue weighted by molar-refractivity contribution is 6.69. The van der Waals surface area contributed by atoms with Gasteiger partial charge in [0.2, 0.25) is 8.32 Å². The maximum Gasteiger partial charge on any atom is 0.241 e. The molecule has 0 saturated heterocycles. The summed E-state index contributed by atoms with van der Waals surface area (Å²) in [6, 6.07) is 10.6. The Morgan fingerprint density at radius 1 is 1.22 bits per heavy atom. The van der Waals surface area contributed by atoms with Gasteiger partial charge in [0.1, 0.15) is 0 Å². The zero-order valence-corrected chi connectivity index (χ0v) is 12.8. The van der Waals surface area contributed by atoms with Crippen LogP contribution in [-0.2, 0) is 10.8 Å². The number of hydrogen-bond donors (Lipinski definition) is 0. The molecule has 18 heavy (non-hydrogen) atoms. The van der Waals surface area contributed by atoms with Gasteiger partial charge < -0.3 is 4.43 Å². The predicted molar refractivity (Wildman–Crippen MR) is 82.1 cm³/mol. The van der Waals surface area contributed by atoms with E-state index in [2.05, 4.69) is 56.6 Å². The first-order valence-corrected chi connectivity index (χ1v) is 9.95. The third kappa shape index (κ3) is 6.45. The monoisotopic (exact) mass is 260 g/mol. The molecule has 0 radical (unpaired) electrons. The van der Waals surface area contributed by atoms with E-state index in [9.17, 15) is 0 Å². The smallest absolute Gasteiger partial charge is 0.241 e. The van der Waals surface area contributed by atoms with Crippen molar-refractivity contribution in [2.45, 2.75) is 38.9 Å². The van der Waals surface area contributed by atoms with Crippen molar-refractivity contribution >= 4 is 8.32 Å². The van der Waals surface area contributed by atoms with Crippen LogP contribution in [0.4, 0.5) is 0 Å². The van der Waals surface area contributed by atoms with E-state index in [1.54, 1.807) is 0 Å². The van der Waals surface area contributed by atoms with Crippen molar-refractivity contribution in [2.75, 3.05) is 0 Å². The van der Waals surface area contributed by atoms with Gasteiger partial charge in [-0.05, 0) is 50.0 Å². The highest BCUT2D eigenvalue weighted by atomic mass is 28.4. The van der Waals surface area contributed by atoms with Gasteiger partial charge in [0, 0.05) is 0 Å². The first-order chi connectivity index (χ1) is 8.51. The SMILES string of the molecule is C=CC(=CO[Si](C)(C)C)CCCc1ccccc1. The number of hydrogen-bond acceptors (Lipinski definition) is 1. The lowest BCUT2D eigenvalue weighted by atomic mass is 10.1.